The van der Waals surface area contributed by atoms with Gasteiger partial charge in [-0.3, -0.25) is 10.4 Å². The van der Waals surface area contributed by atoms with E-state index < -0.39 is 0 Å². The molecule has 1 saturated heterocycles. The standard InChI is InChI=1S/C11H16N4O/c1-8-7-16-6-5-15(8)9-3-2-4-14-10(9)11(12)13/h2-4,8H,5-7H2,1H3,(H3,12,13). The summed E-state index contributed by atoms with van der Waals surface area (Å²) in [6.07, 6.45) is 1.66. The average molecular weight is 220 g/mol. The van der Waals surface area contributed by atoms with Crippen LogP contribution in [0.2, 0.25) is 0 Å². The summed E-state index contributed by atoms with van der Waals surface area (Å²) in [6.45, 7) is 4.31. The van der Waals surface area contributed by atoms with Crippen LogP contribution < -0.4 is 10.6 Å². The fraction of sp³-hybridized carbons (Fsp3) is 0.455. The van der Waals surface area contributed by atoms with Gasteiger partial charge in [0.1, 0.15) is 11.5 Å². The van der Waals surface area contributed by atoms with Gasteiger partial charge in [-0.15, -0.1) is 0 Å². The van der Waals surface area contributed by atoms with Crippen molar-refractivity contribution in [2.45, 2.75) is 13.0 Å². The molecule has 2 heterocycles. The van der Waals surface area contributed by atoms with Crippen LogP contribution in [0.5, 0.6) is 0 Å². The highest BCUT2D eigenvalue weighted by Crippen LogP contribution is 2.22. The number of aromatic nitrogens is 1. The molecule has 5 heteroatoms. The molecule has 0 saturated carbocycles. The molecular formula is C11H16N4O. The number of nitrogens with one attached hydrogen (secondary N) is 1. The van der Waals surface area contributed by atoms with Gasteiger partial charge in [-0.1, -0.05) is 0 Å². The average Bonchev–Trinajstić information content (AvgIpc) is 2.29. The van der Waals surface area contributed by atoms with Gasteiger partial charge in [-0.05, 0) is 19.1 Å². The van der Waals surface area contributed by atoms with Gasteiger partial charge >= 0.3 is 0 Å². The van der Waals surface area contributed by atoms with Crippen LogP contribution in [-0.4, -0.2) is 36.6 Å². The first-order valence-corrected chi connectivity index (χ1v) is 5.34. The van der Waals surface area contributed by atoms with Crippen molar-refractivity contribution >= 4 is 11.5 Å². The summed E-state index contributed by atoms with van der Waals surface area (Å²) in [4.78, 5) is 6.34. The van der Waals surface area contributed by atoms with E-state index in [1.165, 1.54) is 0 Å². The quantitative estimate of drug-likeness (QED) is 0.565. The lowest BCUT2D eigenvalue weighted by atomic mass is 10.2. The molecule has 1 atom stereocenters. The number of rotatable bonds is 2. The second-order valence-electron chi connectivity index (χ2n) is 3.90. The molecule has 0 aromatic carbocycles. The number of nitrogen functional groups attached to an aromatic ring is 1. The van der Waals surface area contributed by atoms with Crippen LogP contribution in [-0.2, 0) is 4.74 Å². The van der Waals surface area contributed by atoms with Gasteiger partial charge < -0.3 is 15.4 Å². The molecule has 0 radical (unpaired) electrons. The highest BCUT2D eigenvalue weighted by Gasteiger charge is 2.22. The second-order valence-corrected chi connectivity index (χ2v) is 3.90. The van der Waals surface area contributed by atoms with Crippen molar-refractivity contribution in [2.75, 3.05) is 24.7 Å². The lowest BCUT2D eigenvalue weighted by Gasteiger charge is -2.35. The lowest BCUT2D eigenvalue weighted by Crippen LogP contribution is -2.44. The molecule has 5 nitrogen and oxygen atoms in total. The minimum absolute atomic E-state index is 0.00860. The van der Waals surface area contributed by atoms with Crippen molar-refractivity contribution in [1.82, 2.24) is 4.98 Å². The van der Waals surface area contributed by atoms with Gasteiger partial charge in [0.2, 0.25) is 0 Å². The van der Waals surface area contributed by atoms with E-state index >= 15 is 0 Å². The molecule has 16 heavy (non-hydrogen) atoms. The summed E-state index contributed by atoms with van der Waals surface area (Å²) in [7, 11) is 0. The van der Waals surface area contributed by atoms with Crippen molar-refractivity contribution in [3.05, 3.63) is 24.0 Å². The summed E-state index contributed by atoms with van der Waals surface area (Å²) in [5.41, 5.74) is 7.00. The van der Waals surface area contributed by atoms with Crippen LogP contribution >= 0.6 is 0 Å². The van der Waals surface area contributed by atoms with Crippen LogP contribution in [0.25, 0.3) is 0 Å². The molecule has 0 aliphatic carbocycles. The molecule has 0 amide bonds. The Morgan fingerprint density at radius 1 is 1.69 bits per heavy atom. The van der Waals surface area contributed by atoms with Gasteiger partial charge in [0.25, 0.3) is 0 Å². The number of hydrogen-bond acceptors (Lipinski definition) is 4. The van der Waals surface area contributed by atoms with Gasteiger partial charge in [-0.25, -0.2) is 0 Å². The smallest absolute Gasteiger partial charge is 0.143 e. The van der Waals surface area contributed by atoms with Gasteiger partial charge in [0, 0.05) is 18.8 Å². The number of nitrogens with two attached hydrogens (primary N) is 1. The maximum atomic E-state index is 7.52. The number of morpholine rings is 1. The largest absolute Gasteiger partial charge is 0.382 e. The molecule has 86 valence electrons. The molecule has 0 bridgehead atoms. The summed E-state index contributed by atoms with van der Waals surface area (Å²) in [6, 6.07) is 4.10. The normalized spacial score (nSPS) is 20.8. The Kier molecular flexibility index (Phi) is 3.05. The SMILES string of the molecule is CC1COCCN1c1cccnc1C(=N)N. The molecule has 1 aliphatic heterocycles. The van der Waals surface area contributed by atoms with Crippen LogP contribution in [0.15, 0.2) is 18.3 Å². The first-order valence-electron chi connectivity index (χ1n) is 5.34. The number of anilines is 1. The third-order valence-corrected chi connectivity index (χ3v) is 2.72. The predicted molar refractivity (Wildman–Crippen MR) is 62.9 cm³/mol. The lowest BCUT2D eigenvalue weighted by molar-refractivity contribution is 0.0989. The van der Waals surface area contributed by atoms with E-state index in [0.29, 0.717) is 18.9 Å². The summed E-state index contributed by atoms with van der Waals surface area (Å²) in [5.74, 6) is 0.00860. The highest BCUT2D eigenvalue weighted by atomic mass is 16.5. The van der Waals surface area contributed by atoms with E-state index in [1.807, 2.05) is 12.1 Å². The number of nitrogens with zero attached hydrogens (tertiary/aromatic N) is 2. The highest BCUT2D eigenvalue weighted by molar-refractivity contribution is 5.98. The van der Waals surface area contributed by atoms with Crippen molar-refractivity contribution in [1.29, 1.82) is 5.41 Å². The summed E-state index contributed by atoms with van der Waals surface area (Å²) < 4.78 is 5.39. The van der Waals surface area contributed by atoms with Crippen LogP contribution in [0.1, 0.15) is 12.6 Å². The van der Waals surface area contributed by atoms with Crippen LogP contribution in [0, 0.1) is 5.41 Å². The maximum absolute atomic E-state index is 7.52. The zero-order valence-electron chi connectivity index (χ0n) is 9.31. The molecule has 1 fully saturated rings. The fourth-order valence-electron chi connectivity index (χ4n) is 1.92. The summed E-state index contributed by atoms with van der Waals surface area (Å²) in [5, 5.41) is 7.52. The van der Waals surface area contributed by atoms with Crippen molar-refractivity contribution in [3.63, 3.8) is 0 Å². The van der Waals surface area contributed by atoms with Gasteiger partial charge in [-0.2, -0.15) is 0 Å². The third-order valence-electron chi connectivity index (χ3n) is 2.72. The molecule has 1 aromatic heterocycles. The number of pyridine rings is 1. The van der Waals surface area contributed by atoms with Gasteiger partial charge in [0.05, 0.1) is 18.9 Å². The topological polar surface area (TPSA) is 75.2 Å². The molecule has 1 aliphatic rings. The predicted octanol–water partition coefficient (Wildman–Crippen LogP) is 0.591. The maximum Gasteiger partial charge on any atom is 0.143 e. The molecular weight excluding hydrogens is 204 g/mol. The van der Waals surface area contributed by atoms with Crippen LogP contribution in [0.4, 0.5) is 5.69 Å². The van der Waals surface area contributed by atoms with Crippen molar-refractivity contribution in [3.8, 4) is 0 Å². The first kappa shape index (κ1) is 10.9. The zero-order chi connectivity index (χ0) is 11.5. The Morgan fingerprint density at radius 3 is 3.19 bits per heavy atom. The minimum Gasteiger partial charge on any atom is -0.382 e. The van der Waals surface area contributed by atoms with E-state index in [1.54, 1.807) is 6.20 Å². The molecule has 2 rings (SSSR count). The van der Waals surface area contributed by atoms with Crippen molar-refractivity contribution < 1.29 is 4.74 Å². The second kappa shape index (κ2) is 4.49. The Bertz CT molecular complexity index is 393. The minimum atomic E-state index is 0.00860. The van der Waals surface area contributed by atoms with E-state index in [2.05, 4.69) is 16.8 Å². The monoisotopic (exact) mass is 220 g/mol. The molecule has 1 aromatic rings. The van der Waals surface area contributed by atoms with Crippen LogP contribution in [0.3, 0.4) is 0 Å². The third kappa shape index (κ3) is 1.99. The first-order chi connectivity index (χ1) is 7.70. The van der Waals surface area contributed by atoms with E-state index in [9.17, 15) is 0 Å². The Morgan fingerprint density at radius 2 is 2.50 bits per heavy atom. The van der Waals surface area contributed by atoms with E-state index in [-0.39, 0.29) is 11.9 Å². The summed E-state index contributed by atoms with van der Waals surface area (Å²) >= 11 is 0. The van der Waals surface area contributed by atoms with E-state index in [0.717, 1.165) is 12.2 Å². The Labute approximate surface area is 94.7 Å². The zero-order valence-corrected chi connectivity index (χ0v) is 9.31. The van der Waals surface area contributed by atoms with E-state index in [4.69, 9.17) is 15.9 Å². The Balaban J connectivity index is 2.34. The number of hydrogen-bond donors (Lipinski definition) is 2. The number of amidine groups is 1. The van der Waals surface area contributed by atoms with Crippen molar-refractivity contribution in [2.24, 2.45) is 5.73 Å². The number of ether oxygens (including phenoxy) is 1. The molecule has 0 spiro atoms. The fourth-order valence-corrected chi connectivity index (χ4v) is 1.92. The Hall–Kier alpha value is -1.62. The molecule has 1 unspecified atom stereocenters. The van der Waals surface area contributed by atoms with Gasteiger partial charge in [0.15, 0.2) is 0 Å². The molecule has 3 N–H and O–H groups in total.